The minimum Gasteiger partial charge on any atom is -0.383 e. The minimum atomic E-state index is 0.583. The number of aromatic nitrogens is 1. The molecule has 0 saturated carbocycles. The van der Waals surface area contributed by atoms with Gasteiger partial charge in [0.2, 0.25) is 0 Å². The first-order valence-electron chi connectivity index (χ1n) is 4.19. The van der Waals surface area contributed by atoms with Gasteiger partial charge in [0.25, 0.3) is 0 Å². The number of hydrogen-bond acceptors (Lipinski definition) is 5. The third-order valence-electron chi connectivity index (χ3n) is 1.94. The van der Waals surface area contributed by atoms with E-state index in [1.165, 1.54) is 22.3 Å². The molecule has 2 nitrogen and oxygen atoms in total. The highest BCUT2D eigenvalue weighted by Crippen LogP contribution is 2.39. The molecule has 1 saturated heterocycles. The van der Waals surface area contributed by atoms with Gasteiger partial charge in [0.1, 0.15) is 10.8 Å². The Morgan fingerprint density at radius 3 is 2.85 bits per heavy atom. The van der Waals surface area contributed by atoms with Crippen molar-refractivity contribution in [2.75, 3.05) is 23.0 Å². The van der Waals surface area contributed by atoms with Crippen molar-refractivity contribution in [1.29, 1.82) is 0 Å². The number of anilines is 1. The van der Waals surface area contributed by atoms with Crippen molar-refractivity contribution in [2.24, 2.45) is 0 Å². The van der Waals surface area contributed by atoms with E-state index in [0.29, 0.717) is 5.25 Å². The van der Waals surface area contributed by atoms with E-state index in [9.17, 15) is 0 Å². The van der Waals surface area contributed by atoms with Crippen LogP contribution in [0.2, 0.25) is 0 Å². The second-order valence-corrected chi connectivity index (χ2v) is 6.62. The SMILES string of the molecule is Cc1sc(C2CSCCS2)nc1N. The standard InChI is InChI=1S/C8H12N2S3/c1-5-7(9)10-8(13-5)6-4-11-2-3-12-6/h6H,2-4,9H2,1H3. The molecule has 72 valence electrons. The Labute approximate surface area is 90.7 Å². The monoisotopic (exact) mass is 232 g/mol. The zero-order valence-corrected chi connectivity index (χ0v) is 9.90. The van der Waals surface area contributed by atoms with E-state index in [2.05, 4.69) is 4.98 Å². The number of nitrogens with two attached hydrogens (primary N) is 1. The van der Waals surface area contributed by atoms with Crippen molar-refractivity contribution in [3.05, 3.63) is 9.88 Å². The molecule has 0 aliphatic carbocycles. The van der Waals surface area contributed by atoms with Crippen molar-refractivity contribution in [2.45, 2.75) is 12.2 Å². The van der Waals surface area contributed by atoms with Gasteiger partial charge in [-0.3, -0.25) is 0 Å². The predicted molar refractivity (Wildman–Crippen MR) is 63.8 cm³/mol. The van der Waals surface area contributed by atoms with Gasteiger partial charge in [0.15, 0.2) is 0 Å². The van der Waals surface area contributed by atoms with Crippen LogP contribution in [0.25, 0.3) is 0 Å². The van der Waals surface area contributed by atoms with Crippen LogP contribution >= 0.6 is 34.9 Å². The van der Waals surface area contributed by atoms with Gasteiger partial charge in [0.05, 0.1) is 5.25 Å². The van der Waals surface area contributed by atoms with Gasteiger partial charge in [-0.15, -0.1) is 23.1 Å². The number of nitrogen functional groups attached to an aromatic ring is 1. The summed E-state index contributed by atoms with van der Waals surface area (Å²) in [5.41, 5.74) is 5.73. The summed E-state index contributed by atoms with van der Waals surface area (Å²) < 4.78 is 0. The Balaban J connectivity index is 2.14. The third kappa shape index (κ3) is 2.14. The Morgan fingerprint density at radius 2 is 2.31 bits per heavy atom. The Bertz CT molecular complexity index is 272. The summed E-state index contributed by atoms with van der Waals surface area (Å²) >= 11 is 5.78. The van der Waals surface area contributed by atoms with Crippen LogP contribution < -0.4 is 5.73 Å². The minimum absolute atomic E-state index is 0.583. The Kier molecular flexibility index (Phi) is 3.06. The molecule has 2 heterocycles. The first-order valence-corrected chi connectivity index (χ1v) is 7.21. The highest BCUT2D eigenvalue weighted by atomic mass is 32.2. The van der Waals surface area contributed by atoms with E-state index in [1.54, 1.807) is 11.3 Å². The molecule has 1 aromatic heterocycles. The number of hydrogen-bond donors (Lipinski definition) is 1. The average molecular weight is 232 g/mol. The van der Waals surface area contributed by atoms with Gasteiger partial charge in [-0.05, 0) is 6.92 Å². The second-order valence-electron chi connectivity index (χ2n) is 2.93. The smallest absolute Gasteiger partial charge is 0.137 e. The lowest BCUT2D eigenvalue weighted by Gasteiger charge is -2.18. The molecule has 0 spiro atoms. The Morgan fingerprint density at radius 1 is 1.46 bits per heavy atom. The normalized spacial score (nSPS) is 23.3. The van der Waals surface area contributed by atoms with E-state index in [-0.39, 0.29) is 0 Å². The number of nitrogens with zero attached hydrogens (tertiary/aromatic N) is 1. The third-order valence-corrected chi connectivity index (χ3v) is 5.95. The molecule has 2 rings (SSSR count). The van der Waals surface area contributed by atoms with Crippen molar-refractivity contribution < 1.29 is 0 Å². The maximum atomic E-state index is 5.73. The topological polar surface area (TPSA) is 38.9 Å². The van der Waals surface area contributed by atoms with Gasteiger partial charge < -0.3 is 5.73 Å². The summed E-state index contributed by atoms with van der Waals surface area (Å²) in [5.74, 6) is 4.43. The lowest BCUT2D eigenvalue weighted by Crippen LogP contribution is -2.06. The van der Waals surface area contributed by atoms with E-state index in [4.69, 9.17) is 5.73 Å². The Hall–Kier alpha value is 0.130. The number of thiazole rings is 1. The largest absolute Gasteiger partial charge is 0.383 e. The van der Waals surface area contributed by atoms with Crippen molar-refractivity contribution in [1.82, 2.24) is 4.98 Å². The highest BCUT2D eigenvalue weighted by molar-refractivity contribution is 8.06. The van der Waals surface area contributed by atoms with Crippen molar-refractivity contribution in [3.8, 4) is 0 Å². The predicted octanol–water partition coefficient (Wildman–Crippen LogP) is 2.55. The van der Waals surface area contributed by atoms with Crippen LogP contribution in [0.5, 0.6) is 0 Å². The summed E-state index contributed by atoms with van der Waals surface area (Å²) in [6.45, 7) is 2.04. The molecule has 1 aromatic rings. The van der Waals surface area contributed by atoms with E-state index < -0.39 is 0 Å². The van der Waals surface area contributed by atoms with E-state index >= 15 is 0 Å². The molecule has 1 atom stereocenters. The van der Waals surface area contributed by atoms with Gasteiger partial charge in [-0.2, -0.15) is 11.8 Å². The molecular formula is C8H12N2S3. The number of rotatable bonds is 1. The average Bonchev–Trinajstić information content (AvgIpc) is 2.49. The number of thioether (sulfide) groups is 2. The molecule has 5 heteroatoms. The first kappa shape index (κ1) is 9.68. The first-order chi connectivity index (χ1) is 6.27. The zero-order valence-electron chi connectivity index (χ0n) is 7.45. The van der Waals surface area contributed by atoms with Crippen LogP contribution in [0.4, 0.5) is 5.82 Å². The van der Waals surface area contributed by atoms with Crippen LogP contribution in [0, 0.1) is 6.92 Å². The summed E-state index contributed by atoms with van der Waals surface area (Å²) in [6, 6.07) is 0. The molecular weight excluding hydrogens is 220 g/mol. The van der Waals surface area contributed by atoms with Crippen LogP contribution in [0.15, 0.2) is 0 Å². The second kappa shape index (κ2) is 4.11. The quantitative estimate of drug-likeness (QED) is 0.807. The fourth-order valence-electron chi connectivity index (χ4n) is 1.20. The molecule has 0 bridgehead atoms. The molecule has 1 unspecified atom stereocenters. The number of aryl methyl sites for hydroxylation is 1. The van der Waals surface area contributed by atoms with Crippen molar-refractivity contribution in [3.63, 3.8) is 0 Å². The summed E-state index contributed by atoms with van der Waals surface area (Å²) in [7, 11) is 0. The summed E-state index contributed by atoms with van der Waals surface area (Å²) in [5, 5.41) is 1.80. The fraction of sp³-hybridized carbons (Fsp3) is 0.625. The molecule has 2 N–H and O–H groups in total. The van der Waals surface area contributed by atoms with Crippen LogP contribution in [-0.2, 0) is 0 Å². The summed E-state index contributed by atoms with van der Waals surface area (Å²) in [6.07, 6.45) is 0. The lowest BCUT2D eigenvalue weighted by molar-refractivity contribution is 1.07. The van der Waals surface area contributed by atoms with Gasteiger partial charge in [0, 0.05) is 22.1 Å². The van der Waals surface area contributed by atoms with E-state index in [1.807, 2.05) is 30.4 Å². The lowest BCUT2D eigenvalue weighted by atomic mass is 10.5. The molecule has 0 aromatic carbocycles. The fourth-order valence-corrected chi connectivity index (χ4v) is 5.02. The molecule has 1 aliphatic heterocycles. The van der Waals surface area contributed by atoms with Crippen LogP contribution in [0.3, 0.4) is 0 Å². The van der Waals surface area contributed by atoms with Crippen molar-refractivity contribution >= 4 is 40.7 Å². The van der Waals surface area contributed by atoms with Gasteiger partial charge >= 0.3 is 0 Å². The maximum Gasteiger partial charge on any atom is 0.137 e. The maximum absolute atomic E-state index is 5.73. The molecule has 1 aliphatic rings. The molecule has 0 amide bonds. The molecule has 0 radical (unpaired) electrons. The van der Waals surface area contributed by atoms with Gasteiger partial charge in [-0.25, -0.2) is 4.98 Å². The van der Waals surface area contributed by atoms with Crippen LogP contribution in [0.1, 0.15) is 15.1 Å². The van der Waals surface area contributed by atoms with Crippen LogP contribution in [-0.4, -0.2) is 22.2 Å². The molecule has 1 fully saturated rings. The molecule has 13 heavy (non-hydrogen) atoms. The van der Waals surface area contributed by atoms with Gasteiger partial charge in [-0.1, -0.05) is 0 Å². The highest BCUT2D eigenvalue weighted by Gasteiger charge is 2.20. The van der Waals surface area contributed by atoms with E-state index in [0.717, 1.165) is 10.7 Å². The zero-order chi connectivity index (χ0) is 9.26. The summed E-state index contributed by atoms with van der Waals surface area (Å²) in [4.78, 5) is 5.55.